The van der Waals surface area contributed by atoms with Crippen LogP contribution in [0.2, 0.25) is 0 Å². The summed E-state index contributed by atoms with van der Waals surface area (Å²) in [7, 11) is 0. The van der Waals surface area contributed by atoms with Gasteiger partial charge in [-0.15, -0.1) is 0 Å². The van der Waals surface area contributed by atoms with Gasteiger partial charge in [-0.1, -0.05) is 81.4 Å². The van der Waals surface area contributed by atoms with Crippen molar-refractivity contribution in [3.8, 4) is 5.75 Å². The van der Waals surface area contributed by atoms with Crippen molar-refractivity contribution in [2.24, 2.45) is 35.3 Å². The van der Waals surface area contributed by atoms with Crippen LogP contribution < -0.4 is 48.3 Å². The first-order valence-electron chi connectivity index (χ1n) is 25.4. The highest BCUT2D eigenvalue weighted by Crippen LogP contribution is 2.15. The molecule has 0 unspecified atom stereocenters. The molecule has 8 amide bonds. The van der Waals surface area contributed by atoms with Crippen molar-refractivity contribution >= 4 is 59.2 Å². The molecule has 24 heteroatoms. The number of phenolic OH excluding ortho intramolecular Hbond substituents is 1. The number of aromatic hydroxyl groups is 1. The second kappa shape index (κ2) is 30.9. The quantitative estimate of drug-likeness (QED) is 0.0475. The van der Waals surface area contributed by atoms with Crippen molar-refractivity contribution in [1.82, 2.24) is 52.5 Å². The molecule has 9 atom stereocenters. The third-order valence-electron chi connectivity index (χ3n) is 11.9. The highest BCUT2D eigenvalue weighted by molar-refractivity contribution is 5.98. The van der Waals surface area contributed by atoms with Gasteiger partial charge in [0, 0.05) is 31.2 Å². The maximum absolute atomic E-state index is 14.2. The number of aromatic amines is 1. The summed E-state index contributed by atoms with van der Waals surface area (Å²) in [4.78, 5) is 141. The zero-order chi connectivity index (χ0) is 56.9. The van der Waals surface area contributed by atoms with E-state index in [0.29, 0.717) is 11.3 Å². The lowest BCUT2D eigenvalue weighted by molar-refractivity contribution is -0.143. The summed E-state index contributed by atoms with van der Waals surface area (Å²) < 4.78 is 0. The molecule has 1 aromatic carbocycles. The Balaban J connectivity index is 2.34. The molecule has 1 aromatic heterocycles. The highest BCUT2D eigenvalue weighted by Gasteiger charge is 2.36. The summed E-state index contributed by atoms with van der Waals surface area (Å²) in [5, 5.41) is 49.9. The van der Waals surface area contributed by atoms with Gasteiger partial charge in [0.15, 0.2) is 0 Å². The standard InChI is InChI=1S/C51H81N11O13/c1-25(2)18-36(46(69)60-39(21-31-12-14-33(63)15-13-31)47(70)59-38(20-27(5)6)49(72)62-42(29(9)10)51(74)75)57-43(66)30(11)55-45(68)35(16-17-40(64)65)56-50(73)41(28(7)8)61-48(71)37(19-26(3)4)58-44(67)34(52)22-32-23-53-24-54-32/h12-15,23-30,34-39,41-42,63H,16-22,52H2,1-11H3,(H,53,54)(H,55,68)(H,56,73)(H,57,66)(H,58,67)(H,59,70)(H,60,69)(H,61,71)(H,62,72)(H,64,65)(H,74,75)/t30-,34-,35-,36-,37-,38-,39-,41-,42-/m0/s1. The average molecular weight is 1060 g/mol. The lowest BCUT2D eigenvalue weighted by Crippen LogP contribution is -2.61. The van der Waals surface area contributed by atoms with Crippen molar-refractivity contribution in [3.05, 3.63) is 48.0 Å². The second-order valence-corrected chi connectivity index (χ2v) is 20.9. The van der Waals surface area contributed by atoms with Crippen LogP contribution in [0.4, 0.5) is 0 Å². The normalized spacial score (nSPS) is 15.1. The van der Waals surface area contributed by atoms with E-state index < -0.39 is 138 Å². The Labute approximate surface area is 438 Å². The number of carboxylic acids is 2. The number of rotatable bonds is 32. The van der Waals surface area contributed by atoms with E-state index in [4.69, 9.17) is 5.73 Å². The minimum absolute atomic E-state index is 0.0369. The van der Waals surface area contributed by atoms with Crippen LogP contribution in [0, 0.1) is 29.6 Å². The summed E-state index contributed by atoms with van der Waals surface area (Å²) in [6.07, 6.45) is 2.22. The summed E-state index contributed by atoms with van der Waals surface area (Å²) in [6, 6.07) is -5.70. The Hall–Kier alpha value is -7.11. The van der Waals surface area contributed by atoms with E-state index in [9.17, 15) is 63.3 Å². The van der Waals surface area contributed by atoms with E-state index >= 15 is 0 Å². The van der Waals surface area contributed by atoms with Gasteiger partial charge in [0.1, 0.15) is 54.1 Å². The molecular formula is C51H81N11O13. The summed E-state index contributed by atoms with van der Waals surface area (Å²) in [5.41, 5.74) is 7.21. The third-order valence-corrected chi connectivity index (χ3v) is 11.9. The van der Waals surface area contributed by atoms with Crippen molar-refractivity contribution in [3.63, 3.8) is 0 Å². The molecule has 0 aliphatic rings. The monoisotopic (exact) mass is 1060 g/mol. The fourth-order valence-electron chi connectivity index (χ4n) is 7.77. The Morgan fingerprint density at radius 1 is 0.520 bits per heavy atom. The molecule has 0 spiro atoms. The summed E-state index contributed by atoms with van der Waals surface area (Å²) >= 11 is 0. The zero-order valence-electron chi connectivity index (χ0n) is 44.9. The molecule has 1 heterocycles. The molecule has 0 saturated heterocycles. The van der Waals surface area contributed by atoms with Crippen LogP contribution >= 0.6 is 0 Å². The zero-order valence-corrected chi connectivity index (χ0v) is 44.9. The average Bonchev–Trinajstić information content (AvgIpc) is 3.82. The number of nitrogens with one attached hydrogen (secondary N) is 9. The Morgan fingerprint density at radius 3 is 1.40 bits per heavy atom. The van der Waals surface area contributed by atoms with Gasteiger partial charge in [0.2, 0.25) is 47.3 Å². The number of phenols is 1. The first-order valence-corrected chi connectivity index (χ1v) is 25.4. The fourth-order valence-corrected chi connectivity index (χ4v) is 7.77. The third kappa shape index (κ3) is 22.9. The van der Waals surface area contributed by atoms with E-state index in [1.165, 1.54) is 43.7 Å². The number of imidazole rings is 1. The molecular weight excluding hydrogens is 975 g/mol. The Bertz CT molecular complexity index is 2240. The van der Waals surface area contributed by atoms with E-state index in [1.807, 2.05) is 13.8 Å². The van der Waals surface area contributed by atoms with E-state index in [1.54, 1.807) is 55.4 Å². The molecule has 0 fully saturated rings. The number of amides is 8. The van der Waals surface area contributed by atoms with Gasteiger partial charge in [0.05, 0.1) is 12.4 Å². The molecule has 24 nitrogen and oxygen atoms in total. The van der Waals surface area contributed by atoms with E-state index in [2.05, 4.69) is 52.5 Å². The molecule has 0 radical (unpaired) electrons. The minimum Gasteiger partial charge on any atom is -0.508 e. The molecule has 0 aliphatic heterocycles. The number of benzene rings is 1. The van der Waals surface area contributed by atoms with Crippen LogP contribution in [0.15, 0.2) is 36.8 Å². The summed E-state index contributed by atoms with van der Waals surface area (Å²) in [5.74, 6) is -10.5. The molecule has 0 saturated carbocycles. The number of nitrogens with zero attached hydrogens (tertiary/aromatic N) is 1. The van der Waals surface area contributed by atoms with Crippen molar-refractivity contribution in [2.75, 3.05) is 0 Å². The van der Waals surface area contributed by atoms with Crippen LogP contribution in [0.25, 0.3) is 0 Å². The second-order valence-electron chi connectivity index (χ2n) is 20.9. The van der Waals surface area contributed by atoms with Gasteiger partial charge in [-0.3, -0.25) is 43.2 Å². The molecule has 0 aliphatic carbocycles. The van der Waals surface area contributed by atoms with Crippen LogP contribution in [0.1, 0.15) is 120 Å². The number of carbonyl (C=O) groups is 10. The lowest BCUT2D eigenvalue weighted by atomic mass is 9.98. The molecule has 0 bridgehead atoms. The molecule has 418 valence electrons. The predicted molar refractivity (Wildman–Crippen MR) is 276 cm³/mol. The van der Waals surface area contributed by atoms with Crippen LogP contribution in [-0.4, -0.2) is 139 Å². The van der Waals surface area contributed by atoms with Crippen LogP contribution in [0.3, 0.4) is 0 Å². The predicted octanol–water partition coefficient (Wildman–Crippen LogP) is 0.526. The largest absolute Gasteiger partial charge is 0.508 e. The first kappa shape index (κ1) is 64.0. The first-order chi connectivity index (χ1) is 35.0. The number of hydrogen-bond acceptors (Lipinski definition) is 13. The number of hydrogen-bond donors (Lipinski definition) is 13. The molecule has 2 aromatic rings. The number of carboxylic acid groups (broad SMARTS) is 2. The molecule has 2 rings (SSSR count). The van der Waals surface area contributed by atoms with Crippen molar-refractivity contribution < 1.29 is 63.3 Å². The Morgan fingerprint density at radius 2 is 0.947 bits per heavy atom. The van der Waals surface area contributed by atoms with Gasteiger partial charge in [-0.2, -0.15) is 0 Å². The topological polar surface area (TPSA) is 382 Å². The lowest BCUT2D eigenvalue weighted by Gasteiger charge is -2.29. The van der Waals surface area contributed by atoms with Gasteiger partial charge in [-0.05, 0) is 79.9 Å². The molecule has 75 heavy (non-hydrogen) atoms. The number of aromatic nitrogens is 2. The van der Waals surface area contributed by atoms with E-state index in [-0.39, 0.29) is 55.6 Å². The fraction of sp³-hybridized carbons (Fsp3) is 0.627. The number of carbonyl (C=O) groups excluding carboxylic acids is 8. The maximum Gasteiger partial charge on any atom is 0.326 e. The highest BCUT2D eigenvalue weighted by atomic mass is 16.4. The minimum atomic E-state index is -1.54. The number of aliphatic carboxylic acids is 2. The van der Waals surface area contributed by atoms with Crippen LogP contribution in [-0.2, 0) is 60.8 Å². The van der Waals surface area contributed by atoms with Gasteiger partial charge < -0.3 is 68.6 Å². The van der Waals surface area contributed by atoms with Crippen LogP contribution in [0.5, 0.6) is 5.75 Å². The number of H-pyrrole nitrogens is 1. The molecule has 14 N–H and O–H groups in total. The maximum atomic E-state index is 14.2. The van der Waals surface area contributed by atoms with Gasteiger partial charge in [-0.25, -0.2) is 9.78 Å². The smallest absolute Gasteiger partial charge is 0.326 e. The van der Waals surface area contributed by atoms with Crippen molar-refractivity contribution in [1.29, 1.82) is 0 Å². The summed E-state index contributed by atoms with van der Waals surface area (Å²) in [6.45, 7) is 18.6. The van der Waals surface area contributed by atoms with Gasteiger partial charge >= 0.3 is 11.9 Å². The Kier molecular flexibility index (Phi) is 26.4. The number of nitrogens with two attached hydrogens (primary N) is 1. The SMILES string of the molecule is CC(C)C[C@H](NC(=O)[C@H](C)NC(=O)[C@H](CCC(=O)O)NC(=O)[C@@H](NC(=O)[C@H](CC(C)C)NC(=O)[C@@H](N)Cc1cnc[nH]1)C(C)C)C(=O)N[C@@H](Cc1ccc(O)cc1)C(=O)N[C@@H](CC(C)C)C(=O)N[C@H](C(=O)O)C(C)C. The van der Waals surface area contributed by atoms with E-state index in [0.717, 1.165) is 0 Å². The van der Waals surface area contributed by atoms with Crippen molar-refractivity contribution in [2.45, 2.75) is 175 Å². The van der Waals surface area contributed by atoms with Gasteiger partial charge in [0.25, 0.3) is 0 Å².